The van der Waals surface area contributed by atoms with Gasteiger partial charge in [0.05, 0.1) is 18.3 Å². The van der Waals surface area contributed by atoms with Gasteiger partial charge in [0, 0.05) is 13.0 Å². The SMILES string of the molecule is Cc1noc(C)c1C(=O)N1Cc2nnc(CCc3ccccc3)n2[C@@H](C)C1. The van der Waals surface area contributed by atoms with E-state index in [4.69, 9.17) is 4.52 Å². The summed E-state index contributed by atoms with van der Waals surface area (Å²) in [6.07, 6.45) is 1.76. The van der Waals surface area contributed by atoms with Crippen LogP contribution in [0.4, 0.5) is 0 Å². The smallest absolute Gasteiger partial charge is 0.259 e. The Morgan fingerprint density at radius 1 is 1.19 bits per heavy atom. The van der Waals surface area contributed by atoms with Crippen molar-refractivity contribution in [3.63, 3.8) is 0 Å². The molecule has 7 heteroatoms. The summed E-state index contributed by atoms with van der Waals surface area (Å²) in [5.74, 6) is 2.31. The predicted octanol–water partition coefficient (Wildman–Crippen LogP) is 2.89. The van der Waals surface area contributed by atoms with Crippen LogP contribution in [0.3, 0.4) is 0 Å². The summed E-state index contributed by atoms with van der Waals surface area (Å²) in [6.45, 7) is 6.73. The Hall–Kier alpha value is -2.96. The van der Waals surface area contributed by atoms with E-state index in [9.17, 15) is 4.79 Å². The van der Waals surface area contributed by atoms with Gasteiger partial charge < -0.3 is 14.0 Å². The molecular formula is C20H23N5O2. The fourth-order valence-electron chi connectivity index (χ4n) is 3.79. The molecule has 1 amide bonds. The van der Waals surface area contributed by atoms with E-state index in [1.165, 1.54) is 5.56 Å². The maximum atomic E-state index is 12.9. The molecule has 3 heterocycles. The second-order valence-electron chi connectivity index (χ2n) is 7.12. The van der Waals surface area contributed by atoms with Gasteiger partial charge in [-0.3, -0.25) is 4.79 Å². The van der Waals surface area contributed by atoms with Gasteiger partial charge in [0.25, 0.3) is 5.91 Å². The molecule has 0 N–H and O–H groups in total. The van der Waals surface area contributed by atoms with Crippen LogP contribution >= 0.6 is 0 Å². The normalized spacial score (nSPS) is 16.4. The maximum Gasteiger partial charge on any atom is 0.259 e. The molecule has 0 fully saturated rings. The Bertz CT molecular complexity index is 941. The van der Waals surface area contributed by atoms with Crippen LogP contribution in [0.15, 0.2) is 34.9 Å². The van der Waals surface area contributed by atoms with Crippen LogP contribution in [-0.4, -0.2) is 37.3 Å². The number of benzene rings is 1. The van der Waals surface area contributed by atoms with Gasteiger partial charge in [-0.25, -0.2) is 0 Å². The fourth-order valence-corrected chi connectivity index (χ4v) is 3.79. The van der Waals surface area contributed by atoms with E-state index < -0.39 is 0 Å². The maximum absolute atomic E-state index is 12.9. The molecule has 140 valence electrons. The molecule has 0 saturated heterocycles. The van der Waals surface area contributed by atoms with Crippen molar-refractivity contribution in [3.05, 3.63) is 64.6 Å². The summed E-state index contributed by atoms with van der Waals surface area (Å²) < 4.78 is 7.33. The number of hydrogen-bond donors (Lipinski definition) is 0. The highest BCUT2D eigenvalue weighted by Gasteiger charge is 2.31. The Balaban J connectivity index is 1.52. The molecule has 1 atom stereocenters. The van der Waals surface area contributed by atoms with Gasteiger partial charge in [0.15, 0.2) is 5.82 Å². The van der Waals surface area contributed by atoms with Crippen molar-refractivity contribution in [1.29, 1.82) is 0 Å². The summed E-state index contributed by atoms with van der Waals surface area (Å²) in [6, 6.07) is 10.5. The quantitative estimate of drug-likeness (QED) is 0.710. The average Bonchev–Trinajstić information content (AvgIpc) is 3.23. The first-order valence-corrected chi connectivity index (χ1v) is 9.23. The van der Waals surface area contributed by atoms with Gasteiger partial charge in [-0.1, -0.05) is 35.5 Å². The molecule has 1 aromatic carbocycles. The van der Waals surface area contributed by atoms with Crippen LogP contribution < -0.4 is 0 Å². The zero-order valence-corrected chi connectivity index (χ0v) is 15.8. The lowest BCUT2D eigenvalue weighted by Crippen LogP contribution is -2.41. The van der Waals surface area contributed by atoms with Crippen molar-refractivity contribution in [2.24, 2.45) is 0 Å². The van der Waals surface area contributed by atoms with E-state index in [2.05, 4.69) is 51.1 Å². The average molecular weight is 365 g/mol. The number of carbonyl (C=O) groups is 1. The van der Waals surface area contributed by atoms with Gasteiger partial charge in [-0.2, -0.15) is 0 Å². The van der Waals surface area contributed by atoms with Gasteiger partial charge in [-0.15, -0.1) is 10.2 Å². The van der Waals surface area contributed by atoms with Crippen LogP contribution in [0, 0.1) is 13.8 Å². The second kappa shape index (κ2) is 6.98. The molecule has 3 aromatic rings. The molecule has 0 radical (unpaired) electrons. The van der Waals surface area contributed by atoms with Gasteiger partial charge in [0.1, 0.15) is 17.1 Å². The molecule has 0 saturated carbocycles. The van der Waals surface area contributed by atoms with E-state index in [1.54, 1.807) is 13.8 Å². The third-order valence-electron chi connectivity index (χ3n) is 5.11. The molecule has 2 aromatic heterocycles. The fraction of sp³-hybridized carbons (Fsp3) is 0.400. The van der Waals surface area contributed by atoms with Crippen molar-refractivity contribution >= 4 is 5.91 Å². The molecule has 1 aliphatic rings. The first-order valence-electron chi connectivity index (χ1n) is 9.23. The van der Waals surface area contributed by atoms with E-state index in [-0.39, 0.29) is 11.9 Å². The molecule has 1 aliphatic heterocycles. The summed E-state index contributed by atoms with van der Waals surface area (Å²) in [5, 5.41) is 12.7. The number of hydrogen-bond acceptors (Lipinski definition) is 5. The van der Waals surface area contributed by atoms with Gasteiger partial charge in [0.2, 0.25) is 0 Å². The van der Waals surface area contributed by atoms with Crippen molar-refractivity contribution in [1.82, 2.24) is 24.8 Å². The molecule has 0 unspecified atom stereocenters. The summed E-state index contributed by atoms with van der Waals surface area (Å²) in [4.78, 5) is 14.8. The second-order valence-corrected chi connectivity index (χ2v) is 7.12. The van der Waals surface area contributed by atoms with Crippen LogP contribution in [0.1, 0.15) is 52.0 Å². The standard InChI is InChI=1S/C20H23N5O2/c1-13-11-24(20(26)19-14(2)23-27-15(19)3)12-18-22-21-17(25(13)18)10-9-16-7-5-4-6-8-16/h4-8,13H,9-12H2,1-3H3/t13-/m0/s1. The Labute approximate surface area is 158 Å². The van der Waals surface area contributed by atoms with Crippen molar-refractivity contribution < 1.29 is 9.32 Å². The molecule has 0 spiro atoms. The number of amides is 1. The number of rotatable bonds is 4. The molecule has 4 rings (SSSR count). The van der Waals surface area contributed by atoms with E-state index in [0.29, 0.717) is 30.1 Å². The minimum Gasteiger partial charge on any atom is -0.361 e. The third-order valence-corrected chi connectivity index (χ3v) is 5.11. The Morgan fingerprint density at radius 3 is 2.67 bits per heavy atom. The predicted molar refractivity (Wildman–Crippen MR) is 99.3 cm³/mol. The molecule has 0 bridgehead atoms. The summed E-state index contributed by atoms with van der Waals surface area (Å²) in [5.41, 5.74) is 2.47. The molecule has 0 aliphatic carbocycles. The van der Waals surface area contributed by atoms with Gasteiger partial charge >= 0.3 is 0 Å². The molecular weight excluding hydrogens is 342 g/mol. The molecule has 7 nitrogen and oxygen atoms in total. The lowest BCUT2D eigenvalue weighted by atomic mass is 10.1. The Morgan fingerprint density at radius 2 is 1.96 bits per heavy atom. The van der Waals surface area contributed by atoms with E-state index in [0.717, 1.165) is 24.5 Å². The zero-order valence-electron chi connectivity index (χ0n) is 15.8. The van der Waals surface area contributed by atoms with E-state index in [1.807, 2.05) is 11.0 Å². The summed E-state index contributed by atoms with van der Waals surface area (Å²) in [7, 11) is 0. The highest BCUT2D eigenvalue weighted by Crippen LogP contribution is 2.25. The largest absolute Gasteiger partial charge is 0.361 e. The zero-order chi connectivity index (χ0) is 19.0. The number of aromatic nitrogens is 4. The Kier molecular flexibility index (Phi) is 4.51. The lowest BCUT2D eigenvalue weighted by Gasteiger charge is -2.32. The lowest BCUT2D eigenvalue weighted by molar-refractivity contribution is 0.0677. The number of nitrogens with zero attached hydrogens (tertiary/aromatic N) is 5. The molecule has 27 heavy (non-hydrogen) atoms. The first kappa shape index (κ1) is 17.5. The number of aryl methyl sites for hydroxylation is 4. The van der Waals surface area contributed by atoms with Crippen molar-refractivity contribution in [2.45, 2.75) is 46.2 Å². The van der Waals surface area contributed by atoms with Crippen LogP contribution in [0.25, 0.3) is 0 Å². The number of fused-ring (bicyclic) bond motifs is 1. The minimum absolute atomic E-state index is 0.0572. The van der Waals surface area contributed by atoms with Crippen LogP contribution in [0.5, 0.6) is 0 Å². The van der Waals surface area contributed by atoms with E-state index >= 15 is 0 Å². The summed E-state index contributed by atoms with van der Waals surface area (Å²) >= 11 is 0. The van der Waals surface area contributed by atoms with Gasteiger partial charge in [-0.05, 0) is 32.8 Å². The monoisotopic (exact) mass is 365 g/mol. The van der Waals surface area contributed by atoms with Crippen molar-refractivity contribution in [2.75, 3.05) is 6.54 Å². The number of carbonyl (C=O) groups excluding carboxylic acids is 1. The van der Waals surface area contributed by atoms with Crippen LogP contribution in [0.2, 0.25) is 0 Å². The highest BCUT2D eigenvalue weighted by atomic mass is 16.5. The highest BCUT2D eigenvalue weighted by molar-refractivity contribution is 5.96. The van der Waals surface area contributed by atoms with Crippen molar-refractivity contribution in [3.8, 4) is 0 Å². The first-order chi connectivity index (χ1) is 13.0. The third kappa shape index (κ3) is 3.25. The topological polar surface area (TPSA) is 77.1 Å². The van der Waals surface area contributed by atoms with Crippen LogP contribution in [-0.2, 0) is 19.4 Å². The minimum atomic E-state index is -0.0572.